The maximum Gasteiger partial charge on any atom is 0.272 e. The molecule has 2 aromatic rings. The number of benzene rings is 2. The van der Waals surface area contributed by atoms with E-state index in [1.54, 1.807) is 30.4 Å². The lowest BCUT2D eigenvalue weighted by Gasteiger charge is -2.21. The molecule has 0 atom stereocenters. The van der Waals surface area contributed by atoms with Crippen molar-refractivity contribution in [2.24, 2.45) is 4.99 Å². The predicted octanol–water partition coefficient (Wildman–Crippen LogP) is 5.78. The summed E-state index contributed by atoms with van der Waals surface area (Å²) in [5, 5.41) is 0. The monoisotopic (exact) mass is 448 g/mol. The van der Waals surface area contributed by atoms with Crippen molar-refractivity contribution < 1.29 is 14.3 Å². The lowest BCUT2D eigenvalue weighted by molar-refractivity contribution is -0.127. The van der Waals surface area contributed by atoms with Gasteiger partial charge in [-0.1, -0.05) is 56.8 Å². The topological polar surface area (TPSA) is 51.1 Å². The Morgan fingerprint density at radius 2 is 1.73 bits per heavy atom. The van der Waals surface area contributed by atoms with E-state index in [9.17, 15) is 4.79 Å². The number of ether oxygens (including phenoxy) is 2. The van der Waals surface area contributed by atoms with Gasteiger partial charge in [0.2, 0.25) is 0 Å². The summed E-state index contributed by atoms with van der Waals surface area (Å²) < 4.78 is 11.6. The van der Waals surface area contributed by atoms with Gasteiger partial charge in [0.1, 0.15) is 12.3 Å². The van der Waals surface area contributed by atoms with Gasteiger partial charge < -0.3 is 14.4 Å². The molecule has 0 saturated carbocycles. The van der Waals surface area contributed by atoms with Gasteiger partial charge in [-0.15, -0.1) is 0 Å². The standard InChI is InChI=1S/C28H36N2O3/c1-6-10-25(29-18-7-2)28(31)30(9-4)19-17-23-15-16-26(27(20-23)32-5)33-21-24-13-11-22(8-3)12-14-24/h6,10-16,18,20H,1,7-9,17,19,21H2,2-5H3/b25-10-,29-18?. The third kappa shape index (κ3) is 7.94. The van der Waals surface area contributed by atoms with E-state index in [1.165, 1.54) is 5.56 Å². The molecule has 0 unspecified atom stereocenters. The van der Waals surface area contributed by atoms with Crippen LogP contribution < -0.4 is 9.47 Å². The third-order valence-corrected chi connectivity index (χ3v) is 5.30. The Bertz CT molecular complexity index is 962. The van der Waals surface area contributed by atoms with Crippen LogP contribution in [0.15, 0.2) is 71.9 Å². The Labute approximate surface area is 198 Å². The number of likely N-dealkylation sites (N-methyl/N-ethyl adjacent to an activating group) is 1. The fourth-order valence-electron chi connectivity index (χ4n) is 3.32. The summed E-state index contributed by atoms with van der Waals surface area (Å²) in [4.78, 5) is 19.0. The van der Waals surface area contributed by atoms with E-state index >= 15 is 0 Å². The highest BCUT2D eigenvalue weighted by Gasteiger charge is 2.16. The number of carbonyl (C=O) groups excluding carboxylic acids is 1. The van der Waals surface area contributed by atoms with Gasteiger partial charge in [0.25, 0.3) is 5.91 Å². The van der Waals surface area contributed by atoms with E-state index in [-0.39, 0.29) is 5.91 Å². The van der Waals surface area contributed by atoms with Crippen LogP contribution in [0.3, 0.4) is 0 Å². The van der Waals surface area contributed by atoms with Crippen LogP contribution in [-0.2, 0) is 24.2 Å². The molecular formula is C28H36N2O3. The maximum atomic E-state index is 12.9. The number of aliphatic imine (C=N–C) groups is 1. The zero-order valence-corrected chi connectivity index (χ0v) is 20.3. The SMILES string of the molecule is C=C/C=C(\N=CCC)C(=O)N(CC)CCc1ccc(OCc2ccc(CC)cc2)c(OC)c1. The second-order valence-electron chi connectivity index (χ2n) is 7.59. The second-order valence-corrected chi connectivity index (χ2v) is 7.59. The van der Waals surface area contributed by atoms with Crippen LogP contribution in [0.5, 0.6) is 11.5 Å². The molecule has 5 heteroatoms. The summed E-state index contributed by atoms with van der Waals surface area (Å²) in [6, 6.07) is 14.4. The number of nitrogens with zero attached hydrogens (tertiary/aromatic N) is 2. The van der Waals surface area contributed by atoms with Crippen molar-refractivity contribution >= 4 is 12.1 Å². The first-order chi connectivity index (χ1) is 16.1. The third-order valence-electron chi connectivity index (χ3n) is 5.30. The minimum Gasteiger partial charge on any atom is -0.493 e. The lowest BCUT2D eigenvalue weighted by Crippen LogP contribution is -2.33. The Hall–Kier alpha value is -3.34. The van der Waals surface area contributed by atoms with Crippen molar-refractivity contribution in [3.8, 4) is 11.5 Å². The van der Waals surface area contributed by atoms with Crippen molar-refractivity contribution in [3.05, 3.63) is 83.6 Å². The van der Waals surface area contributed by atoms with Gasteiger partial charge in [0, 0.05) is 19.3 Å². The molecule has 2 aromatic carbocycles. The molecule has 176 valence electrons. The van der Waals surface area contributed by atoms with Crippen LogP contribution in [0.4, 0.5) is 0 Å². The van der Waals surface area contributed by atoms with E-state index in [2.05, 4.69) is 42.8 Å². The minimum atomic E-state index is -0.0943. The first kappa shape index (κ1) is 25.9. The molecule has 0 N–H and O–H groups in total. The molecule has 1 amide bonds. The Balaban J connectivity index is 2.03. The van der Waals surface area contributed by atoms with Gasteiger partial charge >= 0.3 is 0 Å². The highest BCUT2D eigenvalue weighted by molar-refractivity contribution is 5.94. The van der Waals surface area contributed by atoms with Gasteiger partial charge in [-0.2, -0.15) is 0 Å². The first-order valence-electron chi connectivity index (χ1n) is 11.6. The maximum absolute atomic E-state index is 12.9. The van der Waals surface area contributed by atoms with Crippen LogP contribution in [0, 0.1) is 0 Å². The van der Waals surface area contributed by atoms with Crippen LogP contribution in [0.1, 0.15) is 43.9 Å². The van der Waals surface area contributed by atoms with Crippen LogP contribution >= 0.6 is 0 Å². The minimum absolute atomic E-state index is 0.0943. The Morgan fingerprint density at radius 1 is 1.03 bits per heavy atom. The van der Waals surface area contributed by atoms with E-state index < -0.39 is 0 Å². The molecular weight excluding hydrogens is 412 g/mol. The molecule has 5 nitrogen and oxygen atoms in total. The summed E-state index contributed by atoms with van der Waals surface area (Å²) in [6.45, 7) is 11.5. The van der Waals surface area contributed by atoms with Gasteiger partial charge in [0.05, 0.1) is 7.11 Å². The van der Waals surface area contributed by atoms with Crippen LogP contribution in [0.2, 0.25) is 0 Å². The quantitative estimate of drug-likeness (QED) is 0.222. The number of aryl methyl sites for hydroxylation is 1. The Kier molecular flexibility index (Phi) is 10.9. The van der Waals surface area contributed by atoms with E-state index in [4.69, 9.17) is 9.47 Å². The van der Waals surface area contributed by atoms with Crippen molar-refractivity contribution in [1.29, 1.82) is 0 Å². The van der Waals surface area contributed by atoms with Crippen molar-refractivity contribution in [1.82, 2.24) is 4.90 Å². The fraction of sp³-hybridized carbons (Fsp3) is 0.357. The highest BCUT2D eigenvalue weighted by atomic mass is 16.5. The van der Waals surface area contributed by atoms with Crippen LogP contribution in [-0.4, -0.2) is 37.2 Å². The van der Waals surface area contributed by atoms with E-state index in [0.29, 0.717) is 43.3 Å². The van der Waals surface area contributed by atoms with Gasteiger partial charge in [-0.05, 0) is 61.1 Å². The summed E-state index contributed by atoms with van der Waals surface area (Å²) in [5.74, 6) is 1.30. The number of carbonyl (C=O) groups is 1. The van der Waals surface area contributed by atoms with Crippen LogP contribution in [0.25, 0.3) is 0 Å². The number of hydrogen-bond acceptors (Lipinski definition) is 4. The summed E-state index contributed by atoms with van der Waals surface area (Å²) in [6.07, 6.45) is 7.48. The molecule has 0 aromatic heterocycles. The van der Waals surface area contributed by atoms with Gasteiger partial charge in [-0.25, -0.2) is 0 Å². The number of amides is 1. The molecule has 0 spiro atoms. The summed E-state index contributed by atoms with van der Waals surface area (Å²) in [5.41, 5.74) is 3.90. The van der Waals surface area contributed by atoms with E-state index in [0.717, 1.165) is 24.0 Å². The highest BCUT2D eigenvalue weighted by Crippen LogP contribution is 2.29. The van der Waals surface area contributed by atoms with Crippen molar-refractivity contribution in [2.45, 2.75) is 46.6 Å². The molecule has 0 saturated heterocycles. The molecule has 2 rings (SSSR count). The molecule has 0 aliphatic heterocycles. The smallest absolute Gasteiger partial charge is 0.272 e. The molecule has 0 aliphatic rings. The number of hydrogen-bond donors (Lipinski definition) is 0. The lowest BCUT2D eigenvalue weighted by atomic mass is 10.1. The molecule has 0 aliphatic carbocycles. The molecule has 0 bridgehead atoms. The van der Waals surface area contributed by atoms with Gasteiger partial charge in [0.15, 0.2) is 11.5 Å². The number of methoxy groups -OCH3 is 1. The normalized spacial score (nSPS) is 11.5. The van der Waals surface area contributed by atoms with Crippen molar-refractivity contribution in [2.75, 3.05) is 20.2 Å². The van der Waals surface area contributed by atoms with Gasteiger partial charge in [-0.3, -0.25) is 9.79 Å². The van der Waals surface area contributed by atoms with Crippen molar-refractivity contribution in [3.63, 3.8) is 0 Å². The predicted molar refractivity (Wildman–Crippen MR) is 136 cm³/mol. The summed E-state index contributed by atoms with van der Waals surface area (Å²) >= 11 is 0. The number of allylic oxidation sites excluding steroid dienone is 2. The molecule has 0 fully saturated rings. The molecule has 33 heavy (non-hydrogen) atoms. The van der Waals surface area contributed by atoms with E-state index in [1.807, 2.05) is 32.0 Å². The first-order valence-corrected chi connectivity index (χ1v) is 11.6. The average Bonchev–Trinajstić information content (AvgIpc) is 2.86. The summed E-state index contributed by atoms with van der Waals surface area (Å²) in [7, 11) is 1.64. The largest absolute Gasteiger partial charge is 0.493 e. The molecule has 0 radical (unpaired) electrons. The zero-order chi connectivity index (χ0) is 24.1. The fourth-order valence-corrected chi connectivity index (χ4v) is 3.32. The second kappa shape index (κ2) is 13.9. The molecule has 0 heterocycles. The Morgan fingerprint density at radius 3 is 2.33 bits per heavy atom. The number of rotatable bonds is 13. The zero-order valence-electron chi connectivity index (χ0n) is 20.3. The average molecular weight is 449 g/mol.